The Morgan fingerprint density at radius 1 is 0.559 bits per heavy atom. The van der Waals surface area contributed by atoms with Crippen molar-refractivity contribution in [1.29, 1.82) is 0 Å². The van der Waals surface area contributed by atoms with Gasteiger partial charge in [0.25, 0.3) is 0 Å². The van der Waals surface area contributed by atoms with Crippen molar-refractivity contribution in [3.05, 3.63) is 118 Å². The van der Waals surface area contributed by atoms with Crippen LogP contribution < -0.4 is 0 Å². The van der Waals surface area contributed by atoms with Crippen LogP contribution in [0.2, 0.25) is 40.2 Å². The van der Waals surface area contributed by atoms with E-state index >= 15 is 0 Å². The van der Waals surface area contributed by atoms with Gasteiger partial charge in [-0.15, -0.1) is 0 Å². The predicted octanol–water partition coefficient (Wildman–Crippen LogP) is 11.5. The zero-order valence-electron chi connectivity index (χ0n) is 17.0. The molecule has 0 radical (unpaired) electrons. The monoisotopic (exact) mass is 607 g/mol. The van der Waals surface area contributed by atoms with Crippen LogP contribution in [0.15, 0.2) is 65.7 Å². The highest BCUT2D eigenvalue weighted by atomic mass is 35.5. The molecular formula is C25H13Cl8N. The van der Waals surface area contributed by atoms with Crippen molar-refractivity contribution in [2.24, 2.45) is 10.9 Å². The number of aliphatic imine (C=N–C) groups is 1. The minimum Gasteiger partial charge on any atom is -0.260 e. The molecule has 1 nitrogen and oxygen atoms in total. The maximum absolute atomic E-state index is 6.79. The second-order valence-electron chi connectivity index (χ2n) is 7.45. The van der Waals surface area contributed by atoms with E-state index < -0.39 is 5.92 Å². The average molecular weight is 611 g/mol. The Bertz CT molecular complexity index is 1220. The predicted molar refractivity (Wildman–Crippen MR) is 150 cm³/mol. The number of benzene rings is 3. The summed E-state index contributed by atoms with van der Waals surface area (Å²) in [6, 6.07) is 9.75. The Hall–Kier alpha value is -0.870. The third kappa shape index (κ3) is 5.59. The van der Waals surface area contributed by atoms with Crippen LogP contribution >= 0.6 is 92.8 Å². The summed E-state index contributed by atoms with van der Waals surface area (Å²) in [5.41, 5.74) is 2.10. The van der Waals surface area contributed by atoms with Crippen molar-refractivity contribution in [3.8, 4) is 0 Å². The van der Waals surface area contributed by atoms with E-state index in [-0.39, 0.29) is 5.92 Å². The molecule has 3 aromatic rings. The Kier molecular flexibility index (Phi) is 8.50. The highest BCUT2D eigenvalue weighted by Crippen LogP contribution is 2.50. The van der Waals surface area contributed by atoms with Gasteiger partial charge in [-0.2, -0.15) is 0 Å². The van der Waals surface area contributed by atoms with Gasteiger partial charge in [0.2, 0.25) is 0 Å². The van der Waals surface area contributed by atoms with Gasteiger partial charge in [-0.05, 0) is 36.4 Å². The number of halogens is 8. The zero-order valence-corrected chi connectivity index (χ0v) is 23.0. The third-order valence-electron chi connectivity index (χ3n) is 5.19. The molecule has 1 aliphatic rings. The van der Waals surface area contributed by atoms with Gasteiger partial charge in [-0.1, -0.05) is 117 Å². The molecular weight excluding hydrogens is 598 g/mol. The fraction of sp³-hybridized carbons (Fsp3) is 0.0800. The van der Waals surface area contributed by atoms with Crippen molar-refractivity contribution in [3.63, 3.8) is 0 Å². The Morgan fingerprint density at radius 3 is 1.29 bits per heavy atom. The van der Waals surface area contributed by atoms with Gasteiger partial charge in [0.1, 0.15) is 0 Å². The number of allylic oxidation sites excluding steroid dienone is 4. The van der Waals surface area contributed by atoms with Crippen LogP contribution in [0.4, 0.5) is 5.69 Å². The van der Waals surface area contributed by atoms with Crippen LogP contribution in [-0.4, -0.2) is 6.21 Å². The molecule has 0 bridgehead atoms. The third-order valence-corrected chi connectivity index (χ3v) is 7.50. The number of nitrogens with zero attached hydrogens (tertiary/aromatic N) is 1. The van der Waals surface area contributed by atoms with E-state index in [1.165, 1.54) is 0 Å². The van der Waals surface area contributed by atoms with Crippen molar-refractivity contribution in [2.75, 3.05) is 0 Å². The van der Waals surface area contributed by atoms with Gasteiger partial charge in [-0.25, -0.2) is 0 Å². The number of hydrogen-bond acceptors (Lipinski definition) is 1. The van der Waals surface area contributed by atoms with Gasteiger partial charge in [0.05, 0.1) is 5.69 Å². The molecule has 0 spiro atoms. The van der Waals surface area contributed by atoms with Crippen molar-refractivity contribution >= 4 is 105 Å². The Balaban J connectivity index is 1.93. The lowest BCUT2D eigenvalue weighted by Crippen LogP contribution is -2.08. The van der Waals surface area contributed by atoms with Crippen LogP contribution in [0, 0.1) is 5.92 Å². The second-order valence-corrected chi connectivity index (χ2v) is 10.8. The largest absolute Gasteiger partial charge is 0.260 e. The summed E-state index contributed by atoms with van der Waals surface area (Å²) in [6.07, 6.45) is 9.77. The van der Waals surface area contributed by atoms with Crippen molar-refractivity contribution < 1.29 is 0 Å². The summed E-state index contributed by atoms with van der Waals surface area (Å²) < 4.78 is 0. The molecule has 4 rings (SSSR count). The lowest BCUT2D eigenvalue weighted by Gasteiger charge is -2.26. The van der Waals surface area contributed by atoms with Gasteiger partial charge in [-0.3, -0.25) is 4.99 Å². The van der Waals surface area contributed by atoms with Gasteiger partial charge in [0.15, 0.2) is 0 Å². The maximum atomic E-state index is 6.79. The van der Waals surface area contributed by atoms with Crippen LogP contribution in [-0.2, 0) is 0 Å². The van der Waals surface area contributed by atoms with Crippen LogP contribution in [0.3, 0.4) is 0 Å². The smallest absolute Gasteiger partial charge is 0.0655 e. The average Bonchev–Trinajstić information content (AvgIpc) is 3.23. The molecule has 0 saturated carbocycles. The molecule has 0 atom stereocenters. The van der Waals surface area contributed by atoms with E-state index in [0.717, 1.165) is 0 Å². The highest BCUT2D eigenvalue weighted by Gasteiger charge is 2.31. The molecule has 0 aliphatic heterocycles. The normalized spacial score (nSPS) is 13.7. The van der Waals surface area contributed by atoms with E-state index in [4.69, 9.17) is 92.8 Å². The first-order chi connectivity index (χ1) is 16.2. The lowest BCUT2D eigenvalue weighted by atomic mass is 9.84. The first kappa shape index (κ1) is 26.2. The van der Waals surface area contributed by atoms with E-state index in [9.17, 15) is 0 Å². The first-order valence-electron chi connectivity index (χ1n) is 9.82. The van der Waals surface area contributed by atoms with E-state index in [0.29, 0.717) is 62.6 Å². The van der Waals surface area contributed by atoms with Crippen molar-refractivity contribution in [2.45, 2.75) is 5.92 Å². The molecule has 0 unspecified atom stereocenters. The maximum Gasteiger partial charge on any atom is 0.0655 e. The molecule has 0 amide bonds. The SMILES string of the molecule is Clc1cc(Cl)c(C(c2c(Cl)cc(Cl)cc2Cl)c2c(Cl)cc(N=CC3C=CC=C3)cc2Cl)c(Cl)c1. The standard InChI is InChI=1S/C25H13Cl8N/c26-13-5-16(28)22(17(29)6-13)25(23-18(30)7-14(27)8-19(23)31)24-20(32)9-15(10-21(24)33)34-11-12-3-1-2-4-12/h1-12,25H. The lowest BCUT2D eigenvalue weighted by molar-refractivity contribution is 0.978. The zero-order chi connectivity index (χ0) is 24.6. The molecule has 0 saturated heterocycles. The van der Waals surface area contributed by atoms with Crippen molar-refractivity contribution in [1.82, 2.24) is 0 Å². The molecule has 0 fully saturated rings. The first-order valence-corrected chi connectivity index (χ1v) is 12.8. The van der Waals surface area contributed by atoms with Gasteiger partial charge >= 0.3 is 0 Å². The van der Waals surface area contributed by atoms with Gasteiger partial charge in [0, 0.05) is 74.9 Å². The summed E-state index contributed by atoms with van der Waals surface area (Å²) in [5, 5.41) is 2.65. The number of hydrogen-bond donors (Lipinski definition) is 0. The van der Waals surface area contributed by atoms with Crippen LogP contribution in [0.1, 0.15) is 22.6 Å². The minimum atomic E-state index is -0.715. The molecule has 1 aliphatic carbocycles. The Morgan fingerprint density at radius 2 is 0.912 bits per heavy atom. The van der Waals surface area contributed by atoms with E-state index in [2.05, 4.69) is 4.99 Å². The summed E-state index contributed by atoms with van der Waals surface area (Å²) in [5.74, 6) is -0.600. The summed E-state index contributed by atoms with van der Waals surface area (Å²) in [7, 11) is 0. The Labute approximate surface area is 237 Å². The molecule has 0 heterocycles. The fourth-order valence-electron chi connectivity index (χ4n) is 3.73. The van der Waals surface area contributed by atoms with E-state index in [1.54, 1.807) is 42.6 Å². The number of rotatable bonds is 5. The summed E-state index contributed by atoms with van der Waals surface area (Å²) >= 11 is 52.4. The molecule has 0 N–H and O–H groups in total. The molecule has 9 heteroatoms. The minimum absolute atomic E-state index is 0.114. The van der Waals surface area contributed by atoms with E-state index in [1.807, 2.05) is 24.3 Å². The summed E-state index contributed by atoms with van der Waals surface area (Å²) in [4.78, 5) is 4.51. The topological polar surface area (TPSA) is 12.4 Å². The van der Waals surface area contributed by atoms with Crippen LogP contribution in [0.25, 0.3) is 0 Å². The highest BCUT2D eigenvalue weighted by molar-refractivity contribution is 6.42. The van der Waals surface area contributed by atoms with Crippen LogP contribution in [0.5, 0.6) is 0 Å². The second kappa shape index (κ2) is 11.0. The molecule has 174 valence electrons. The molecule has 0 aromatic heterocycles. The van der Waals surface area contributed by atoms with Gasteiger partial charge < -0.3 is 0 Å². The molecule has 3 aromatic carbocycles. The summed E-state index contributed by atoms with van der Waals surface area (Å²) in [6.45, 7) is 0. The quantitative estimate of drug-likeness (QED) is 0.201. The fourth-order valence-corrected chi connectivity index (χ4v) is 6.50. The molecule has 34 heavy (non-hydrogen) atoms.